The lowest BCUT2D eigenvalue weighted by Gasteiger charge is -2.09. The van der Waals surface area contributed by atoms with Crippen molar-refractivity contribution in [3.8, 4) is 0 Å². The van der Waals surface area contributed by atoms with Crippen LogP contribution >= 0.6 is 11.8 Å². The number of thioether (sulfide) groups is 1. The first-order valence-electron chi connectivity index (χ1n) is 5.26. The molecule has 0 fully saturated rings. The zero-order valence-corrected chi connectivity index (χ0v) is 10.4. The average molecular weight is 291 g/mol. The van der Waals surface area contributed by atoms with Gasteiger partial charge in [-0.25, -0.2) is 4.39 Å². The van der Waals surface area contributed by atoms with E-state index in [1.54, 1.807) is 12.1 Å². The minimum atomic E-state index is -4.31. The third-order valence-corrected chi connectivity index (χ3v) is 3.26. The van der Waals surface area contributed by atoms with Crippen molar-refractivity contribution in [2.75, 3.05) is 0 Å². The van der Waals surface area contributed by atoms with Gasteiger partial charge in [-0.2, -0.15) is 13.2 Å². The second-order valence-electron chi connectivity index (χ2n) is 3.77. The van der Waals surface area contributed by atoms with Crippen LogP contribution in [0.4, 0.5) is 17.6 Å². The summed E-state index contributed by atoms with van der Waals surface area (Å²) in [6.45, 7) is -1.12. The Balaban J connectivity index is 2.00. The topological polar surface area (TPSA) is 30.7 Å². The third-order valence-electron chi connectivity index (χ3n) is 2.21. The van der Waals surface area contributed by atoms with Gasteiger partial charge in [0.25, 0.3) is 0 Å². The van der Waals surface area contributed by atoms with Crippen molar-refractivity contribution in [3.63, 3.8) is 0 Å². The molecule has 8 heteroatoms. The first kappa shape index (κ1) is 13.9. The second-order valence-corrected chi connectivity index (χ2v) is 4.71. The van der Waals surface area contributed by atoms with Crippen LogP contribution in [0.3, 0.4) is 0 Å². The summed E-state index contributed by atoms with van der Waals surface area (Å²) >= 11 is 1.12. The second kappa shape index (κ2) is 5.60. The van der Waals surface area contributed by atoms with Crippen molar-refractivity contribution in [1.29, 1.82) is 0 Å². The highest BCUT2D eigenvalue weighted by molar-refractivity contribution is 7.98. The van der Waals surface area contributed by atoms with Gasteiger partial charge in [0, 0.05) is 5.75 Å². The first-order chi connectivity index (χ1) is 8.94. The summed E-state index contributed by atoms with van der Waals surface area (Å²) in [5.74, 6) is 0.0468. The van der Waals surface area contributed by atoms with Crippen molar-refractivity contribution >= 4 is 11.8 Å². The Labute approximate surface area is 110 Å². The maximum absolute atomic E-state index is 12.7. The molecule has 0 bridgehead atoms. The Morgan fingerprint density at radius 2 is 1.84 bits per heavy atom. The van der Waals surface area contributed by atoms with Gasteiger partial charge in [-0.15, -0.1) is 10.2 Å². The molecular formula is C11H9F4N3S. The van der Waals surface area contributed by atoms with E-state index in [0.717, 1.165) is 28.2 Å². The van der Waals surface area contributed by atoms with Gasteiger partial charge in [0.15, 0.2) is 5.16 Å². The van der Waals surface area contributed by atoms with Crippen molar-refractivity contribution in [2.24, 2.45) is 0 Å². The fourth-order valence-corrected chi connectivity index (χ4v) is 2.26. The largest absolute Gasteiger partial charge is 0.406 e. The van der Waals surface area contributed by atoms with E-state index in [0.29, 0.717) is 5.75 Å². The molecule has 1 aromatic heterocycles. The highest BCUT2D eigenvalue weighted by Gasteiger charge is 2.29. The maximum Gasteiger partial charge on any atom is 0.406 e. The molecule has 0 amide bonds. The summed E-state index contributed by atoms with van der Waals surface area (Å²) in [6, 6.07) is 5.76. The monoisotopic (exact) mass is 291 g/mol. The summed E-state index contributed by atoms with van der Waals surface area (Å²) in [5, 5.41) is 7.28. The molecule has 0 saturated carbocycles. The number of nitrogens with zero attached hydrogens (tertiary/aromatic N) is 3. The van der Waals surface area contributed by atoms with Crippen LogP contribution in [0.2, 0.25) is 0 Å². The fourth-order valence-electron chi connectivity index (χ4n) is 1.39. The molecular weight excluding hydrogens is 282 g/mol. The summed E-state index contributed by atoms with van der Waals surface area (Å²) < 4.78 is 50.5. The summed E-state index contributed by atoms with van der Waals surface area (Å²) in [6.07, 6.45) is -3.27. The molecule has 1 aromatic carbocycles. The molecule has 3 nitrogen and oxygen atoms in total. The van der Waals surface area contributed by atoms with E-state index in [2.05, 4.69) is 10.2 Å². The number of benzene rings is 1. The lowest BCUT2D eigenvalue weighted by atomic mass is 10.2. The van der Waals surface area contributed by atoms with Crippen LogP contribution in [0.25, 0.3) is 0 Å². The van der Waals surface area contributed by atoms with Gasteiger partial charge in [0.05, 0.1) is 0 Å². The summed E-state index contributed by atoms with van der Waals surface area (Å²) in [4.78, 5) is 0. The minimum absolute atomic E-state index is 0.182. The van der Waals surface area contributed by atoms with Gasteiger partial charge in [-0.1, -0.05) is 23.9 Å². The Kier molecular flexibility index (Phi) is 4.08. The van der Waals surface area contributed by atoms with Gasteiger partial charge >= 0.3 is 6.18 Å². The molecule has 2 rings (SSSR count). The molecule has 0 aliphatic carbocycles. The molecule has 0 aliphatic rings. The molecule has 19 heavy (non-hydrogen) atoms. The zero-order chi connectivity index (χ0) is 13.9. The summed E-state index contributed by atoms with van der Waals surface area (Å²) in [5.41, 5.74) is 0.799. The molecule has 0 atom stereocenters. The van der Waals surface area contributed by atoms with Gasteiger partial charge in [-0.05, 0) is 17.7 Å². The van der Waals surface area contributed by atoms with Crippen molar-refractivity contribution in [1.82, 2.24) is 14.8 Å². The van der Waals surface area contributed by atoms with Crippen LogP contribution < -0.4 is 0 Å². The first-order valence-corrected chi connectivity index (χ1v) is 6.24. The van der Waals surface area contributed by atoms with E-state index in [1.807, 2.05) is 0 Å². The van der Waals surface area contributed by atoms with Crippen LogP contribution in [-0.4, -0.2) is 20.9 Å². The lowest BCUT2D eigenvalue weighted by Crippen LogP contribution is -2.17. The standard InChI is InChI=1S/C11H9F4N3S/c12-9-3-1-8(2-4-9)5-19-10-17-16-7-18(10)6-11(13,14)15/h1-4,7H,5-6H2. The molecule has 0 aliphatic heterocycles. The van der Waals surface area contributed by atoms with E-state index in [-0.39, 0.29) is 11.0 Å². The molecule has 1 heterocycles. The van der Waals surface area contributed by atoms with E-state index in [4.69, 9.17) is 0 Å². The zero-order valence-electron chi connectivity index (χ0n) is 9.56. The number of hydrogen-bond acceptors (Lipinski definition) is 3. The SMILES string of the molecule is Fc1ccc(CSc2nncn2CC(F)(F)F)cc1. The van der Waals surface area contributed by atoms with E-state index in [1.165, 1.54) is 12.1 Å². The van der Waals surface area contributed by atoms with Crippen molar-refractivity contribution in [3.05, 3.63) is 42.0 Å². The quantitative estimate of drug-likeness (QED) is 0.640. The van der Waals surface area contributed by atoms with Crippen LogP contribution in [0.15, 0.2) is 35.7 Å². The molecule has 0 spiro atoms. The van der Waals surface area contributed by atoms with E-state index in [9.17, 15) is 17.6 Å². The highest BCUT2D eigenvalue weighted by atomic mass is 32.2. The van der Waals surface area contributed by atoms with Crippen molar-refractivity contribution < 1.29 is 17.6 Å². The van der Waals surface area contributed by atoms with Crippen LogP contribution in [0.1, 0.15) is 5.56 Å². The van der Waals surface area contributed by atoms with Crippen LogP contribution in [0, 0.1) is 5.82 Å². The van der Waals surface area contributed by atoms with Gasteiger partial charge in [0.2, 0.25) is 0 Å². The van der Waals surface area contributed by atoms with E-state index < -0.39 is 12.7 Å². The average Bonchev–Trinajstić information content (AvgIpc) is 2.73. The fraction of sp³-hybridized carbons (Fsp3) is 0.273. The van der Waals surface area contributed by atoms with Gasteiger partial charge < -0.3 is 0 Å². The maximum atomic E-state index is 12.7. The Morgan fingerprint density at radius 1 is 1.16 bits per heavy atom. The molecule has 0 N–H and O–H groups in total. The molecule has 0 radical (unpaired) electrons. The lowest BCUT2D eigenvalue weighted by molar-refractivity contribution is -0.142. The van der Waals surface area contributed by atoms with Crippen LogP contribution in [-0.2, 0) is 12.3 Å². The number of alkyl halides is 3. The number of hydrogen-bond donors (Lipinski definition) is 0. The molecule has 102 valence electrons. The van der Waals surface area contributed by atoms with Crippen molar-refractivity contribution in [2.45, 2.75) is 23.6 Å². The number of halogens is 4. The Hall–Kier alpha value is -1.57. The van der Waals surface area contributed by atoms with Crippen LogP contribution in [0.5, 0.6) is 0 Å². The third kappa shape index (κ3) is 4.23. The predicted octanol–water partition coefficient (Wildman–Crippen LogP) is 3.27. The summed E-state index contributed by atoms with van der Waals surface area (Å²) in [7, 11) is 0. The predicted molar refractivity (Wildman–Crippen MR) is 62.0 cm³/mol. The highest BCUT2D eigenvalue weighted by Crippen LogP contribution is 2.24. The molecule has 0 unspecified atom stereocenters. The van der Waals surface area contributed by atoms with E-state index >= 15 is 0 Å². The normalized spacial score (nSPS) is 11.8. The number of rotatable bonds is 4. The Morgan fingerprint density at radius 3 is 2.47 bits per heavy atom. The van der Waals surface area contributed by atoms with Gasteiger partial charge in [0.1, 0.15) is 18.7 Å². The molecule has 0 saturated heterocycles. The molecule has 2 aromatic rings. The number of aromatic nitrogens is 3. The van der Waals surface area contributed by atoms with Gasteiger partial charge in [-0.3, -0.25) is 4.57 Å². The minimum Gasteiger partial charge on any atom is -0.299 e. The smallest absolute Gasteiger partial charge is 0.299 e. The Bertz CT molecular complexity index is 536.